The van der Waals surface area contributed by atoms with E-state index in [2.05, 4.69) is 34.9 Å². The zero-order valence-corrected chi connectivity index (χ0v) is 22.8. The number of benzene rings is 2. The first kappa shape index (κ1) is 26.2. The maximum Gasteiger partial charge on any atom is 0.176 e. The van der Waals surface area contributed by atoms with Gasteiger partial charge in [-0.1, -0.05) is 38.4 Å². The number of halogens is 1. The van der Waals surface area contributed by atoms with Gasteiger partial charge in [0.2, 0.25) is 0 Å². The molecule has 0 unspecified atom stereocenters. The maximum absolute atomic E-state index is 13.6. The molecular weight excluding hydrogens is 474 g/mol. The van der Waals surface area contributed by atoms with Gasteiger partial charge in [0.25, 0.3) is 0 Å². The lowest BCUT2D eigenvalue weighted by molar-refractivity contribution is 0.0858. The fraction of sp³-hybridized carbons (Fsp3) is 0.448. The van der Waals surface area contributed by atoms with E-state index in [0.29, 0.717) is 17.2 Å². The minimum absolute atomic E-state index is 0.0790. The van der Waals surface area contributed by atoms with E-state index >= 15 is 0 Å². The number of methoxy groups -OCH3 is 1. The normalized spacial score (nSPS) is 15.1. The van der Waals surface area contributed by atoms with Crippen LogP contribution in [0.25, 0.3) is 22.0 Å². The summed E-state index contributed by atoms with van der Waals surface area (Å²) < 4.78 is 5.32. The van der Waals surface area contributed by atoms with Crippen LogP contribution in [0.4, 0.5) is 5.69 Å². The zero-order chi connectivity index (χ0) is 26.2. The third-order valence-electron chi connectivity index (χ3n) is 6.90. The van der Waals surface area contributed by atoms with Crippen molar-refractivity contribution in [3.05, 3.63) is 47.1 Å². The Morgan fingerprint density at radius 1 is 1.17 bits per heavy atom. The molecule has 0 radical (unpaired) electrons. The van der Waals surface area contributed by atoms with Crippen molar-refractivity contribution in [3.8, 4) is 22.6 Å². The van der Waals surface area contributed by atoms with Crippen LogP contribution in [0.1, 0.15) is 44.0 Å². The number of hydrogen-bond acceptors (Lipinski definition) is 6. The van der Waals surface area contributed by atoms with Gasteiger partial charge in [0.15, 0.2) is 17.3 Å². The number of anilines is 1. The number of phenolic OH excluding ortho intramolecular Hbond substituents is 1. The van der Waals surface area contributed by atoms with E-state index in [-0.39, 0.29) is 16.6 Å². The van der Waals surface area contributed by atoms with Gasteiger partial charge >= 0.3 is 0 Å². The molecule has 36 heavy (non-hydrogen) atoms. The van der Waals surface area contributed by atoms with Crippen LogP contribution in [0, 0.1) is 11.3 Å². The molecule has 1 aliphatic rings. The number of rotatable bonds is 6. The smallest absolute Gasteiger partial charge is 0.176 e. The van der Waals surface area contributed by atoms with Gasteiger partial charge in [-0.15, -0.1) is 0 Å². The molecule has 0 saturated carbocycles. The molecule has 0 amide bonds. The van der Waals surface area contributed by atoms with Crippen LogP contribution in [-0.4, -0.2) is 61.6 Å². The van der Waals surface area contributed by atoms with Gasteiger partial charge in [-0.3, -0.25) is 9.78 Å². The van der Waals surface area contributed by atoms with Crippen LogP contribution < -0.4 is 9.64 Å². The minimum atomic E-state index is -0.525. The van der Waals surface area contributed by atoms with E-state index in [1.165, 1.54) is 7.11 Å². The van der Waals surface area contributed by atoms with Gasteiger partial charge in [-0.2, -0.15) is 0 Å². The summed E-state index contributed by atoms with van der Waals surface area (Å²) in [4.78, 5) is 22.9. The molecule has 2 aromatic carbocycles. The molecule has 1 fully saturated rings. The summed E-state index contributed by atoms with van der Waals surface area (Å²) in [7, 11) is 5.74. The van der Waals surface area contributed by atoms with Crippen molar-refractivity contribution in [2.24, 2.45) is 11.3 Å². The van der Waals surface area contributed by atoms with Crippen molar-refractivity contribution in [3.63, 3.8) is 0 Å². The van der Waals surface area contributed by atoms with Gasteiger partial charge < -0.3 is 19.6 Å². The summed E-state index contributed by atoms with van der Waals surface area (Å²) in [6, 6.07) is 9.53. The second-order valence-corrected chi connectivity index (χ2v) is 11.4. The third-order valence-corrected chi connectivity index (χ3v) is 7.19. The van der Waals surface area contributed by atoms with Crippen LogP contribution in [0.2, 0.25) is 5.02 Å². The fourth-order valence-corrected chi connectivity index (χ4v) is 5.23. The number of hydrogen-bond donors (Lipinski definition) is 1. The van der Waals surface area contributed by atoms with Crippen LogP contribution in [0.5, 0.6) is 11.5 Å². The van der Waals surface area contributed by atoms with Gasteiger partial charge in [0.1, 0.15) is 0 Å². The molecule has 7 heteroatoms. The van der Waals surface area contributed by atoms with Crippen molar-refractivity contribution < 1.29 is 14.6 Å². The molecule has 192 valence electrons. The van der Waals surface area contributed by atoms with Gasteiger partial charge in [0.05, 0.1) is 28.9 Å². The highest BCUT2D eigenvalue weighted by Crippen LogP contribution is 2.41. The molecule has 2 heterocycles. The van der Waals surface area contributed by atoms with Gasteiger partial charge in [0, 0.05) is 36.6 Å². The quantitative estimate of drug-likeness (QED) is 0.395. The highest BCUT2D eigenvalue weighted by Gasteiger charge is 2.30. The van der Waals surface area contributed by atoms with E-state index < -0.39 is 5.41 Å². The number of piperidine rings is 1. The average molecular weight is 510 g/mol. The number of fused-ring (bicyclic) bond motifs is 1. The lowest BCUT2D eigenvalue weighted by Crippen LogP contribution is -2.38. The van der Waals surface area contributed by atoms with E-state index in [1.807, 2.05) is 32.9 Å². The molecule has 1 aromatic heterocycles. The molecule has 1 N–H and O–H groups in total. The molecule has 4 rings (SSSR count). The number of Topliss-reactive ketones (excluding diaryl/α,β-unsaturated/α-hetero) is 1. The van der Waals surface area contributed by atoms with Gasteiger partial charge in [-0.25, -0.2) is 0 Å². The number of aromatic hydroxyl groups is 1. The molecule has 0 atom stereocenters. The predicted octanol–water partition coefficient (Wildman–Crippen LogP) is 6.28. The summed E-state index contributed by atoms with van der Waals surface area (Å²) >= 11 is 6.29. The number of pyridine rings is 1. The number of carbonyl (C=O) groups is 1. The highest BCUT2D eigenvalue weighted by atomic mass is 35.5. The summed E-state index contributed by atoms with van der Waals surface area (Å²) in [6.45, 7) is 8.72. The number of ketones is 1. The van der Waals surface area contributed by atoms with Crippen molar-refractivity contribution in [2.45, 2.75) is 33.6 Å². The van der Waals surface area contributed by atoms with Crippen molar-refractivity contribution in [2.75, 3.05) is 45.7 Å². The number of carbonyl (C=O) groups excluding carboxylic acids is 1. The van der Waals surface area contributed by atoms with Crippen molar-refractivity contribution in [1.82, 2.24) is 9.88 Å². The summed E-state index contributed by atoms with van der Waals surface area (Å²) in [6.07, 6.45) is 3.91. The SMILES string of the molecule is COc1cc(-c2ccc3ncc(C(=O)C(C)(C)C)c(N4CCC(CN(C)C)CC4)c3c2)cc(Cl)c1O. The predicted molar refractivity (Wildman–Crippen MR) is 148 cm³/mol. The molecule has 0 spiro atoms. The number of ether oxygens (including phenoxy) is 1. The van der Waals surface area contributed by atoms with Crippen LogP contribution in [0.3, 0.4) is 0 Å². The lowest BCUT2D eigenvalue weighted by atomic mass is 9.85. The van der Waals surface area contributed by atoms with E-state index in [1.54, 1.807) is 18.3 Å². The van der Waals surface area contributed by atoms with E-state index in [0.717, 1.165) is 60.2 Å². The first-order valence-corrected chi connectivity index (χ1v) is 12.8. The largest absolute Gasteiger partial charge is 0.503 e. The Labute approximate surface area is 218 Å². The molecule has 3 aromatic rings. The summed E-state index contributed by atoms with van der Waals surface area (Å²) in [5.41, 5.74) is 3.67. The van der Waals surface area contributed by atoms with Gasteiger partial charge in [-0.05, 0) is 68.2 Å². The number of nitrogens with zero attached hydrogens (tertiary/aromatic N) is 3. The molecule has 0 aliphatic carbocycles. The van der Waals surface area contributed by atoms with E-state index in [9.17, 15) is 9.90 Å². The lowest BCUT2D eigenvalue weighted by Gasteiger charge is -2.36. The highest BCUT2D eigenvalue weighted by molar-refractivity contribution is 6.32. The Morgan fingerprint density at radius 2 is 1.86 bits per heavy atom. The molecular formula is C29H36ClN3O3. The van der Waals surface area contributed by atoms with Crippen LogP contribution >= 0.6 is 11.6 Å². The van der Waals surface area contributed by atoms with Crippen molar-refractivity contribution in [1.29, 1.82) is 0 Å². The first-order chi connectivity index (χ1) is 17.0. The third kappa shape index (κ3) is 5.30. The number of aromatic nitrogens is 1. The van der Waals surface area contributed by atoms with Crippen LogP contribution in [-0.2, 0) is 0 Å². The molecule has 6 nitrogen and oxygen atoms in total. The van der Waals surface area contributed by atoms with Crippen LogP contribution in [0.15, 0.2) is 36.5 Å². The Morgan fingerprint density at radius 3 is 2.47 bits per heavy atom. The zero-order valence-electron chi connectivity index (χ0n) is 22.1. The minimum Gasteiger partial charge on any atom is -0.503 e. The molecule has 1 aliphatic heterocycles. The molecule has 1 saturated heterocycles. The van der Waals surface area contributed by atoms with Crippen molar-refractivity contribution >= 4 is 34.0 Å². The topological polar surface area (TPSA) is 65.9 Å². The standard InChI is InChI=1S/C29H36ClN3O3/c1-29(2,3)28(35)22-16-31-24-8-7-19(20-14-23(30)27(34)25(15-20)36-6)13-21(24)26(22)33-11-9-18(10-12-33)17-32(4)5/h7-8,13-16,18,34H,9-12,17H2,1-6H3. The molecule has 0 bridgehead atoms. The van der Waals surface area contributed by atoms with E-state index in [4.69, 9.17) is 16.3 Å². The Kier molecular flexibility index (Phi) is 7.48. The average Bonchev–Trinajstić information content (AvgIpc) is 2.83. The second kappa shape index (κ2) is 10.3. The first-order valence-electron chi connectivity index (χ1n) is 12.4. The second-order valence-electron chi connectivity index (χ2n) is 11.0. The Balaban J connectivity index is 1.85. The Hall–Kier alpha value is -2.83. The summed E-state index contributed by atoms with van der Waals surface area (Å²) in [5, 5.41) is 11.4. The maximum atomic E-state index is 13.6. The fourth-order valence-electron chi connectivity index (χ4n) is 5.02. The Bertz CT molecular complexity index is 1270. The summed E-state index contributed by atoms with van der Waals surface area (Å²) in [5.74, 6) is 0.968. The number of phenols is 1. The monoisotopic (exact) mass is 509 g/mol.